The van der Waals surface area contributed by atoms with Gasteiger partial charge in [-0.2, -0.15) is 0 Å². The molecule has 0 unspecified atom stereocenters. The van der Waals surface area contributed by atoms with Crippen molar-refractivity contribution in [3.63, 3.8) is 0 Å². The number of carbonyl (C=O) groups is 2. The van der Waals surface area contributed by atoms with Crippen molar-refractivity contribution in [2.75, 3.05) is 0 Å². The van der Waals surface area contributed by atoms with Crippen molar-refractivity contribution in [1.29, 1.82) is 0 Å². The molecule has 0 spiro atoms. The topological polar surface area (TPSA) is 76.0 Å². The molecule has 1 aliphatic heterocycles. The first-order valence-electron chi connectivity index (χ1n) is 13.6. The third-order valence-corrected chi connectivity index (χ3v) is 8.10. The van der Waals surface area contributed by atoms with Gasteiger partial charge >= 0.3 is 0 Å². The minimum absolute atomic E-state index is 0.0592. The predicted octanol–water partition coefficient (Wildman–Crippen LogP) is 7.70. The lowest BCUT2D eigenvalue weighted by atomic mass is 9.65. The quantitative estimate of drug-likeness (QED) is 0.360. The highest BCUT2D eigenvalue weighted by atomic mass is 16.5. The van der Waals surface area contributed by atoms with Crippen molar-refractivity contribution in [2.45, 2.75) is 59.3 Å². The van der Waals surface area contributed by atoms with Crippen molar-refractivity contribution >= 4 is 34.2 Å². The highest BCUT2D eigenvalue weighted by Crippen LogP contribution is 2.53. The van der Waals surface area contributed by atoms with Gasteiger partial charge in [0.05, 0.1) is 5.69 Å². The van der Waals surface area contributed by atoms with E-state index in [9.17, 15) is 14.7 Å². The number of fused-ring (bicyclic) bond motifs is 1. The summed E-state index contributed by atoms with van der Waals surface area (Å²) in [4.78, 5) is 31.6. The maximum Gasteiger partial charge on any atom is 0.163 e. The molecule has 1 heterocycles. The number of aliphatic imine (C=N–C) groups is 1. The molecule has 0 amide bonds. The highest BCUT2D eigenvalue weighted by molar-refractivity contribution is 6.06. The molecule has 0 atom stereocenters. The largest absolute Gasteiger partial charge is 0.507 e. The molecule has 0 fully saturated rings. The van der Waals surface area contributed by atoms with Gasteiger partial charge in [-0.25, -0.2) is 0 Å². The van der Waals surface area contributed by atoms with E-state index in [1.807, 2.05) is 54.6 Å². The Morgan fingerprint density at radius 1 is 0.795 bits per heavy atom. The predicted molar refractivity (Wildman–Crippen MR) is 153 cm³/mol. The van der Waals surface area contributed by atoms with Crippen LogP contribution >= 0.6 is 0 Å². The van der Waals surface area contributed by atoms with E-state index in [-0.39, 0.29) is 28.1 Å². The van der Waals surface area contributed by atoms with Crippen LogP contribution in [0.4, 0.5) is 5.69 Å². The number of allylic oxidation sites excluding steroid dienone is 4. The lowest BCUT2D eigenvalue weighted by molar-refractivity contribution is -0.120. The lowest BCUT2D eigenvalue weighted by Gasteiger charge is -2.42. The molecule has 0 aromatic heterocycles. The summed E-state index contributed by atoms with van der Waals surface area (Å²) in [6, 6.07) is 19.2. The summed E-state index contributed by atoms with van der Waals surface area (Å²) in [5.41, 5.74) is 3.19. The van der Waals surface area contributed by atoms with Gasteiger partial charge < -0.3 is 9.84 Å². The van der Waals surface area contributed by atoms with Gasteiger partial charge in [0, 0.05) is 54.5 Å². The fourth-order valence-corrected chi connectivity index (χ4v) is 6.32. The lowest BCUT2D eigenvalue weighted by Crippen LogP contribution is -2.37. The monoisotopic (exact) mass is 519 g/mol. The first kappa shape index (κ1) is 25.3. The van der Waals surface area contributed by atoms with Crippen molar-refractivity contribution in [3.05, 3.63) is 94.5 Å². The smallest absolute Gasteiger partial charge is 0.163 e. The van der Waals surface area contributed by atoms with E-state index in [1.165, 1.54) is 0 Å². The Morgan fingerprint density at radius 2 is 1.38 bits per heavy atom. The van der Waals surface area contributed by atoms with Crippen LogP contribution in [0.3, 0.4) is 0 Å². The van der Waals surface area contributed by atoms with Crippen molar-refractivity contribution < 1.29 is 19.4 Å². The second-order valence-electron chi connectivity index (χ2n) is 12.7. The van der Waals surface area contributed by atoms with Crippen LogP contribution in [0.5, 0.6) is 5.75 Å². The summed E-state index contributed by atoms with van der Waals surface area (Å²) in [6.45, 7) is 8.36. The Bertz CT molecular complexity index is 1570. The van der Waals surface area contributed by atoms with Gasteiger partial charge in [0.15, 0.2) is 11.6 Å². The second-order valence-corrected chi connectivity index (χ2v) is 12.7. The van der Waals surface area contributed by atoms with Crippen LogP contribution in [0.15, 0.2) is 88.3 Å². The van der Waals surface area contributed by atoms with Crippen LogP contribution in [-0.2, 0) is 14.3 Å². The molecule has 0 bridgehead atoms. The van der Waals surface area contributed by atoms with Crippen molar-refractivity contribution in [2.24, 2.45) is 15.8 Å². The number of nitrogens with zero attached hydrogens (tertiary/aromatic N) is 1. The molecule has 0 saturated heterocycles. The zero-order valence-electron chi connectivity index (χ0n) is 22.9. The average molecular weight is 520 g/mol. The summed E-state index contributed by atoms with van der Waals surface area (Å²) < 4.78 is 6.39. The van der Waals surface area contributed by atoms with Crippen LogP contribution in [0.2, 0.25) is 0 Å². The molecule has 5 nitrogen and oxygen atoms in total. The number of carbonyl (C=O) groups excluding carboxylic acids is 2. The number of aromatic hydroxyl groups is 1. The van der Waals surface area contributed by atoms with Gasteiger partial charge in [0.25, 0.3) is 0 Å². The third kappa shape index (κ3) is 4.60. The Balaban J connectivity index is 1.39. The number of ether oxygens (including phenoxy) is 1. The number of hydrogen-bond donors (Lipinski definition) is 1. The van der Waals surface area contributed by atoms with E-state index < -0.39 is 5.92 Å². The van der Waals surface area contributed by atoms with Gasteiger partial charge in [-0.05, 0) is 45.4 Å². The molecule has 6 rings (SSSR count). The summed E-state index contributed by atoms with van der Waals surface area (Å²) in [5, 5.41) is 12.4. The molecule has 39 heavy (non-hydrogen) atoms. The number of ketones is 2. The molecular formula is C34H33NO4. The van der Waals surface area contributed by atoms with Crippen molar-refractivity contribution in [1.82, 2.24) is 0 Å². The number of benzene rings is 3. The van der Waals surface area contributed by atoms with E-state index in [1.54, 1.807) is 12.3 Å². The highest BCUT2D eigenvalue weighted by Gasteiger charge is 2.47. The zero-order chi connectivity index (χ0) is 27.5. The van der Waals surface area contributed by atoms with Gasteiger partial charge in [-0.3, -0.25) is 14.6 Å². The number of rotatable bonds is 3. The van der Waals surface area contributed by atoms with Crippen LogP contribution in [-0.4, -0.2) is 22.9 Å². The number of Topliss-reactive ketones (excluding diaryl/α,β-unsaturated/α-hetero) is 2. The SMILES string of the molecule is CC1(C)CC(=O)C2=C(C1)OC1=C(C(=O)CC(C)(C)C1)C2c1ccc(N=Cc2c(O)ccc3ccccc23)cc1. The van der Waals surface area contributed by atoms with E-state index in [0.29, 0.717) is 48.1 Å². The summed E-state index contributed by atoms with van der Waals surface area (Å²) >= 11 is 0. The van der Waals surface area contributed by atoms with E-state index in [0.717, 1.165) is 27.9 Å². The minimum Gasteiger partial charge on any atom is -0.507 e. The molecular weight excluding hydrogens is 486 g/mol. The van der Waals surface area contributed by atoms with Gasteiger partial charge in [0.2, 0.25) is 0 Å². The number of hydrogen-bond acceptors (Lipinski definition) is 5. The number of phenolic OH excluding ortho intramolecular Hbond substituents is 1. The zero-order valence-corrected chi connectivity index (χ0v) is 22.9. The van der Waals surface area contributed by atoms with E-state index in [2.05, 4.69) is 32.7 Å². The van der Waals surface area contributed by atoms with Gasteiger partial charge in [-0.1, -0.05) is 70.2 Å². The molecule has 0 saturated carbocycles. The van der Waals surface area contributed by atoms with Crippen LogP contribution < -0.4 is 0 Å². The summed E-state index contributed by atoms with van der Waals surface area (Å²) in [6.07, 6.45) is 3.90. The molecule has 3 aromatic rings. The third-order valence-electron chi connectivity index (χ3n) is 8.10. The molecule has 5 heteroatoms. The van der Waals surface area contributed by atoms with E-state index in [4.69, 9.17) is 4.74 Å². The Morgan fingerprint density at radius 3 is 2.00 bits per heavy atom. The summed E-state index contributed by atoms with van der Waals surface area (Å²) in [7, 11) is 0. The van der Waals surface area contributed by atoms with E-state index >= 15 is 0 Å². The standard InChI is InChI=1S/C34H33NO4/c1-33(2)15-26(37)31-28(17-33)39-29-18-34(3,4)16-27(38)32(29)30(31)21-9-12-22(13-10-21)35-19-24-23-8-6-5-7-20(23)11-14-25(24)36/h5-14,19,30,36H,15-18H2,1-4H3. The first-order valence-corrected chi connectivity index (χ1v) is 13.6. The Labute approximate surface area is 228 Å². The summed E-state index contributed by atoms with van der Waals surface area (Å²) in [5.74, 6) is 1.31. The van der Waals surface area contributed by atoms with Crippen LogP contribution in [0, 0.1) is 10.8 Å². The van der Waals surface area contributed by atoms with Gasteiger partial charge in [0.1, 0.15) is 17.3 Å². The molecule has 198 valence electrons. The normalized spacial score (nSPS) is 20.8. The molecule has 3 aromatic carbocycles. The molecule has 3 aliphatic rings. The van der Waals surface area contributed by atoms with Crippen molar-refractivity contribution in [3.8, 4) is 5.75 Å². The maximum atomic E-state index is 13.5. The average Bonchev–Trinajstić information content (AvgIpc) is 2.86. The Kier molecular flexibility index (Phi) is 5.87. The second kappa shape index (κ2) is 9.04. The van der Waals surface area contributed by atoms with Crippen LogP contribution in [0.1, 0.15) is 70.4 Å². The Hall–Kier alpha value is -3.99. The minimum atomic E-state index is -0.420. The maximum absolute atomic E-state index is 13.5. The molecule has 0 radical (unpaired) electrons. The molecule has 1 N–H and O–H groups in total. The van der Waals surface area contributed by atoms with Crippen LogP contribution in [0.25, 0.3) is 10.8 Å². The first-order chi connectivity index (χ1) is 18.5. The molecule has 2 aliphatic carbocycles. The van der Waals surface area contributed by atoms with Gasteiger partial charge in [-0.15, -0.1) is 0 Å². The number of phenols is 1. The fourth-order valence-electron chi connectivity index (χ4n) is 6.32. The fraction of sp³-hybridized carbons (Fsp3) is 0.324.